The molecule has 47 heavy (non-hydrogen) atoms. The Balaban J connectivity index is 2.09. The second kappa shape index (κ2) is 21.5. The quantitative estimate of drug-likeness (QED) is 0.0551. The molecule has 2 aromatic rings. The number of aromatic hydroxyl groups is 1. The third-order valence-electron chi connectivity index (χ3n) is 7.65. The number of ether oxygens (including phenoxy) is 4. The lowest BCUT2D eigenvalue weighted by Gasteiger charge is -2.23. The zero-order chi connectivity index (χ0) is 34.7. The molecule has 2 rings (SSSR count). The Morgan fingerprint density at radius 1 is 0.851 bits per heavy atom. The van der Waals surface area contributed by atoms with E-state index in [0.29, 0.717) is 23.1 Å². The van der Waals surface area contributed by atoms with E-state index in [4.69, 9.17) is 30.5 Å². The van der Waals surface area contributed by atoms with Gasteiger partial charge < -0.3 is 29.4 Å². The van der Waals surface area contributed by atoms with Crippen LogP contribution >= 0.6 is 11.6 Å². The molecule has 8 nitrogen and oxygen atoms in total. The van der Waals surface area contributed by atoms with Crippen LogP contribution in [0.25, 0.3) is 0 Å². The number of benzene rings is 2. The maximum atomic E-state index is 13.2. The van der Waals surface area contributed by atoms with E-state index in [2.05, 4.69) is 12.2 Å². The largest absolute Gasteiger partial charge is 0.508 e. The average molecular weight is 674 g/mol. The summed E-state index contributed by atoms with van der Waals surface area (Å²) in [5.41, 5.74) is 1.17. The van der Waals surface area contributed by atoms with Crippen molar-refractivity contribution in [3.63, 3.8) is 0 Å². The maximum absolute atomic E-state index is 13.2. The van der Waals surface area contributed by atoms with Crippen LogP contribution < -0.4 is 10.1 Å². The molecule has 0 amide bonds. The zero-order valence-corrected chi connectivity index (χ0v) is 30.0. The number of carbonyl (C=O) groups excluding carboxylic acids is 2. The van der Waals surface area contributed by atoms with Crippen molar-refractivity contribution in [3.8, 4) is 11.5 Å². The normalized spacial score (nSPS) is 12.4. The number of rotatable bonds is 22. The van der Waals surface area contributed by atoms with E-state index in [9.17, 15) is 14.7 Å². The summed E-state index contributed by atoms with van der Waals surface area (Å²) in [7, 11) is 0. The Bertz CT molecular complexity index is 1270. The Morgan fingerprint density at radius 2 is 1.49 bits per heavy atom. The first kappa shape index (κ1) is 39.8. The summed E-state index contributed by atoms with van der Waals surface area (Å²) in [6.45, 7) is 12.4. The van der Waals surface area contributed by atoms with Gasteiger partial charge in [0.15, 0.2) is 5.88 Å². The third-order valence-corrected chi connectivity index (χ3v) is 7.98. The second-order valence-electron chi connectivity index (χ2n) is 12.8. The summed E-state index contributed by atoms with van der Waals surface area (Å²) in [5, 5.41) is 13.7. The van der Waals surface area contributed by atoms with Crippen molar-refractivity contribution in [2.75, 3.05) is 25.1 Å². The second-order valence-corrected chi connectivity index (χ2v) is 13.2. The van der Waals surface area contributed by atoms with E-state index in [0.717, 1.165) is 24.8 Å². The van der Waals surface area contributed by atoms with Crippen molar-refractivity contribution >= 4 is 29.2 Å². The van der Waals surface area contributed by atoms with Crippen LogP contribution in [0.2, 0.25) is 5.02 Å². The Hall–Kier alpha value is -3.39. The lowest BCUT2D eigenvalue weighted by atomic mass is 9.86. The molecule has 0 saturated heterocycles. The standard InChI is InChI=1S/C38H56ClNO7/c1-7-10-11-12-13-14-15-16-17-18-19-30(47-29-21-23-34(41)31(25-29)38(4,5)6)27-46-37(43)28-20-22-32(39)33(24-28)40-35(44-8-2)26-36(42)45-9-3/h20-26,30,40-41H,7-19,27H2,1-6H3. The van der Waals surface area contributed by atoms with Gasteiger partial charge >= 0.3 is 11.9 Å². The fraction of sp³-hybridized carbons (Fsp3) is 0.579. The number of unbranched alkanes of at least 4 members (excludes halogenated alkanes) is 9. The SMILES string of the molecule is CCCCCCCCCCCCC(COC(=O)c1ccc(Cl)c(NC(=CC(=O)OCC)OCC)c1)Oc1ccc(O)c(C(C)(C)C)c1. The van der Waals surface area contributed by atoms with Crippen molar-refractivity contribution in [2.24, 2.45) is 0 Å². The summed E-state index contributed by atoms with van der Waals surface area (Å²) >= 11 is 6.40. The number of hydrogen-bond acceptors (Lipinski definition) is 8. The molecule has 0 aromatic heterocycles. The summed E-state index contributed by atoms with van der Waals surface area (Å²) in [6, 6.07) is 9.97. The highest BCUT2D eigenvalue weighted by molar-refractivity contribution is 6.33. The lowest BCUT2D eigenvalue weighted by molar-refractivity contribution is -0.137. The van der Waals surface area contributed by atoms with Crippen LogP contribution in [-0.4, -0.2) is 43.0 Å². The smallest absolute Gasteiger partial charge is 0.338 e. The van der Waals surface area contributed by atoms with E-state index in [1.807, 2.05) is 26.8 Å². The van der Waals surface area contributed by atoms with Crippen LogP contribution in [0.5, 0.6) is 11.5 Å². The van der Waals surface area contributed by atoms with E-state index >= 15 is 0 Å². The number of phenolic OH excluding ortho intramolecular Hbond substituents is 1. The van der Waals surface area contributed by atoms with Gasteiger partial charge in [-0.15, -0.1) is 0 Å². The first-order valence-corrected chi connectivity index (χ1v) is 17.6. The van der Waals surface area contributed by atoms with E-state index in [1.54, 1.807) is 44.2 Å². The van der Waals surface area contributed by atoms with Gasteiger partial charge in [-0.2, -0.15) is 0 Å². The van der Waals surface area contributed by atoms with Crippen molar-refractivity contribution in [1.29, 1.82) is 0 Å². The van der Waals surface area contributed by atoms with Gasteiger partial charge in [0, 0.05) is 5.56 Å². The summed E-state index contributed by atoms with van der Waals surface area (Å²) < 4.78 is 22.6. The van der Waals surface area contributed by atoms with Crippen LogP contribution in [0.4, 0.5) is 5.69 Å². The first-order valence-electron chi connectivity index (χ1n) is 17.2. The highest BCUT2D eigenvalue weighted by Crippen LogP contribution is 2.34. The highest BCUT2D eigenvalue weighted by atomic mass is 35.5. The van der Waals surface area contributed by atoms with Crippen LogP contribution in [0, 0.1) is 0 Å². The fourth-order valence-corrected chi connectivity index (χ4v) is 5.28. The summed E-state index contributed by atoms with van der Waals surface area (Å²) in [6.07, 6.45) is 13.8. The molecule has 0 heterocycles. The number of halogens is 1. The fourth-order valence-electron chi connectivity index (χ4n) is 5.11. The monoisotopic (exact) mass is 673 g/mol. The number of anilines is 1. The molecule has 2 aromatic carbocycles. The van der Waals surface area contributed by atoms with Gasteiger partial charge in [-0.05, 0) is 68.5 Å². The van der Waals surface area contributed by atoms with Crippen molar-refractivity contribution in [1.82, 2.24) is 0 Å². The molecular formula is C38H56ClNO7. The summed E-state index contributed by atoms with van der Waals surface area (Å²) in [5.74, 6) is -0.108. The van der Waals surface area contributed by atoms with Crippen molar-refractivity contribution < 1.29 is 33.6 Å². The lowest BCUT2D eigenvalue weighted by Crippen LogP contribution is -2.25. The van der Waals surface area contributed by atoms with E-state index in [-0.39, 0.29) is 41.9 Å². The van der Waals surface area contributed by atoms with Crippen LogP contribution in [-0.2, 0) is 24.4 Å². The molecule has 0 aliphatic rings. The highest BCUT2D eigenvalue weighted by Gasteiger charge is 2.21. The molecule has 262 valence electrons. The van der Waals surface area contributed by atoms with Crippen LogP contribution in [0.3, 0.4) is 0 Å². The van der Waals surface area contributed by atoms with Gasteiger partial charge in [0.2, 0.25) is 0 Å². The predicted octanol–water partition coefficient (Wildman–Crippen LogP) is 10.1. The van der Waals surface area contributed by atoms with Crippen LogP contribution in [0.15, 0.2) is 48.4 Å². The molecule has 0 fully saturated rings. The molecule has 0 bridgehead atoms. The number of nitrogens with one attached hydrogen (secondary N) is 1. The minimum absolute atomic E-state index is 0.0559. The Morgan fingerprint density at radius 3 is 2.11 bits per heavy atom. The molecule has 1 atom stereocenters. The van der Waals surface area contributed by atoms with Crippen molar-refractivity contribution in [3.05, 3.63) is 64.5 Å². The van der Waals surface area contributed by atoms with Gasteiger partial charge in [-0.3, -0.25) is 0 Å². The molecule has 0 radical (unpaired) electrons. The first-order chi connectivity index (χ1) is 22.5. The average Bonchev–Trinajstić information content (AvgIpc) is 3.02. The number of esters is 2. The molecule has 2 N–H and O–H groups in total. The molecule has 0 saturated carbocycles. The Kier molecular flexibility index (Phi) is 18.2. The predicted molar refractivity (Wildman–Crippen MR) is 189 cm³/mol. The molecular weight excluding hydrogens is 618 g/mol. The van der Waals surface area contributed by atoms with Crippen LogP contribution in [0.1, 0.15) is 128 Å². The summed E-state index contributed by atoms with van der Waals surface area (Å²) in [4.78, 5) is 25.2. The Labute approximate surface area is 287 Å². The van der Waals surface area contributed by atoms with Crippen molar-refractivity contribution in [2.45, 2.75) is 124 Å². The molecule has 0 aliphatic carbocycles. The molecule has 9 heteroatoms. The minimum Gasteiger partial charge on any atom is -0.508 e. The molecule has 0 spiro atoms. The topological polar surface area (TPSA) is 103 Å². The van der Waals surface area contributed by atoms with Gasteiger partial charge in [0.05, 0.1) is 35.6 Å². The number of hydrogen-bond donors (Lipinski definition) is 2. The maximum Gasteiger partial charge on any atom is 0.338 e. The number of phenols is 1. The van der Waals surface area contributed by atoms with E-state index in [1.165, 1.54) is 57.4 Å². The van der Waals surface area contributed by atoms with Gasteiger partial charge in [-0.1, -0.05) is 97.1 Å². The van der Waals surface area contributed by atoms with Gasteiger partial charge in [0.25, 0.3) is 0 Å². The molecule has 0 aliphatic heterocycles. The zero-order valence-electron chi connectivity index (χ0n) is 29.3. The van der Waals surface area contributed by atoms with Gasteiger partial charge in [0.1, 0.15) is 24.2 Å². The molecule has 1 unspecified atom stereocenters. The van der Waals surface area contributed by atoms with E-state index < -0.39 is 11.9 Å². The third kappa shape index (κ3) is 15.4. The van der Waals surface area contributed by atoms with Gasteiger partial charge in [-0.25, -0.2) is 9.59 Å². The number of carbonyl (C=O) groups is 2. The minimum atomic E-state index is -0.563.